The summed E-state index contributed by atoms with van der Waals surface area (Å²) < 4.78 is 5.14. The van der Waals surface area contributed by atoms with Gasteiger partial charge < -0.3 is 20.1 Å². The maximum atomic E-state index is 12.6. The first-order chi connectivity index (χ1) is 17.3. The predicted molar refractivity (Wildman–Crippen MR) is 141 cm³/mol. The van der Waals surface area contributed by atoms with E-state index in [1.54, 1.807) is 61.5 Å². The van der Waals surface area contributed by atoms with Crippen LogP contribution in [0.4, 0.5) is 5.69 Å². The van der Waals surface area contributed by atoms with Gasteiger partial charge >= 0.3 is 11.9 Å². The van der Waals surface area contributed by atoms with Crippen molar-refractivity contribution in [2.24, 2.45) is 0 Å². The monoisotopic (exact) mass is 522 g/mol. The lowest BCUT2D eigenvalue weighted by Gasteiger charge is -2.08. The van der Waals surface area contributed by atoms with E-state index in [0.29, 0.717) is 32.7 Å². The van der Waals surface area contributed by atoms with Crippen LogP contribution < -0.4 is 5.32 Å². The number of H-pyrrole nitrogens is 1. The molecule has 0 bridgehead atoms. The molecule has 4 aromatic rings. The topological polar surface area (TPSA) is 108 Å². The molecule has 1 amide bonds. The molecule has 1 aromatic heterocycles. The third kappa shape index (κ3) is 5.27. The number of carbonyl (C=O) groups is 3. The lowest BCUT2D eigenvalue weighted by atomic mass is 10.0. The van der Waals surface area contributed by atoms with Crippen LogP contribution in [-0.2, 0) is 9.53 Å². The Labute approximate surface area is 216 Å². The number of anilines is 1. The molecule has 0 atom stereocenters. The largest absolute Gasteiger partial charge is 0.478 e. The van der Waals surface area contributed by atoms with Gasteiger partial charge in [0.25, 0.3) is 5.91 Å². The van der Waals surface area contributed by atoms with Crippen LogP contribution in [0.2, 0.25) is 10.0 Å². The highest BCUT2D eigenvalue weighted by Gasteiger charge is 2.22. The molecule has 0 aliphatic rings. The molecule has 9 heteroatoms. The minimum Gasteiger partial charge on any atom is -0.478 e. The van der Waals surface area contributed by atoms with Gasteiger partial charge in [-0.1, -0.05) is 53.5 Å². The Balaban J connectivity index is 1.75. The molecule has 7 nitrogen and oxygen atoms in total. The van der Waals surface area contributed by atoms with Crippen molar-refractivity contribution in [2.75, 3.05) is 11.9 Å². The van der Waals surface area contributed by atoms with Gasteiger partial charge in [0.1, 0.15) is 5.69 Å². The first kappa shape index (κ1) is 25.0. The average molecular weight is 523 g/mol. The van der Waals surface area contributed by atoms with Gasteiger partial charge in [-0.2, -0.15) is 0 Å². The maximum Gasteiger partial charge on any atom is 0.355 e. The van der Waals surface area contributed by atoms with Crippen LogP contribution in [0, 0.1) is 0 Å². The van der Waals surface area contributed by atoms with Crippen LogP contribution in [0.5, 0.6) is 0 Å². The number of fused-ring (bicyclic) bond motifs is 1. The van der Waals surface area contributed by atoms with Crippen LogP contribution in [0.1, 0.15) is 38.9 Å². The van der Waals surface area contributed by atoms with E-state index in [4.69, 9.17) is 27.9 Å². The zero-order valence-electron chi connectivity index (χ0n) is 19.0. The standard InChI is InChI=1S/C27H20Cl2N2O5/c1-2-36-27(35)24-20(23-21(29)12-17(28)13-22(23)31-24)14-19(26(33)34)15-8-10-18(11-9-15)30-25(32)16-6-4-3-5-7-16/h3-14,31H,2H2,1H3,(H,30,32)(H,33,34)/b19-14-. The molecule has 4 rings (SSSR count). The summed E-state index contributed by atoms with van der Waals surface area (Å²) in [5, 5.41) is 13.8. The number of hydrogen-bond acceptors (Lipinski definition) is 4. The third-order valence-electron chi connectivity index (χ3n) is 5.34. The Morgan fingerprint density at radius 3 is 2.33 bits per heavy atom. The van der Waals surface area contributed by atoms with Gasteiger partial charge in [-0.25, -0.2) is 9.59 Å². The first-order valence-electron chi connectivity index (χ1n) is 10.9. The second-order valence-corrected chi connectivity index (χ2v) is 8.55. The van der Waals surface area contributed by atoms with Crippen LogP contribution in [-0.4, -0.2) is 34.5 Å². The number of nitrogens with one attached hydrogen (secondary N) is 2. The molecule has 1 heterocycles. The number of carboxylic acid groups (broad SMARTS) is 1. The Morgan fingerprint density at radius 2 is 1.69 bits per heavy atom. The Kier molecular flexibility index (Phi) is 7.43. The van der Waals surface area contributed by atoms with Crippen molar-refractivity contribution in [3.05, 3.63) is 99.2 Å². The summed E-state index contributed by atoms with van der Waals surface area (Å²) in [6, 6.07) is 18.1. The number of carboxylic acids is 1. The number of aromatic nitrogens is 1. The summed E-state index contributed by atoms with van der Waals surface area (Å²) in [5.41, 5.74) is 2.05. The van der Waals surface area contributed by atoms with E-state index in [1.807, 2.05) is 6.07 Å². The molecule has 0 unspecified atom stereocenters. The van der Waals surface area contributed by atoms with E-state index < -0.39 is 11.9 Å². The molecular formula is C27H20Cl2N2O5. The predicted octanol–water partition coefficient (Wildman–Crippen LogP) is 6.53. The van der Waals surface area contributed by atoms with Crippen molar-refractivity contribution in [1.29, 1.82) is 0 Å². The Morgan fingerprint density at radius 1 is 1.00 bits per heavy atom. The van der Waals surface area contributed by atoms with E-state index in [2.05, 4.69) is 10.3 Å². The van der Waals surface area contributed by atoms with Gasteiger partial charge in [-0.3, -0.25) is 4.79 Å². The molecule has 0 saturated carbocycles. The smallest absolute Gasteiger partial charge is 0.355 e. The SMILES string of the molecule is CCOC(=O)c1[nH]c2cc(Cl)cc(Cl)c2c1/C=C(\C(=O)O)c1ccc(NC(=O)c2ccccc2)cc1. The van der Waals surface area contributed by atoms with Crippen molar-refractivity contribution in [1.82, 2.24) is 4.98 Å². The second kappa shape index (κ2) is 10.7. The summed E-state index contributed by atoms with van der Waals surface area (Å²) in [4.78, 5) is 40.2. The third-order valence-corrected chi connectivity index (χ3v) is 5.86. The molecule has 0 spiro atoms. The average Bonchev–Trinajstić information content (AvgIpc) is 3.22. The van der Waals surface area contributed by atoms with Gasteiger partial charge in [-0.05, 0) is 55.0 Å². The Bertz CT molecular complexity index is 1490. The Hall–Kier alpha value is -4.07. The normalized spacial score (nSPS) is 11.4. The molecule has 0 aliphatic heterocycles. The molecule has 0 aliphatic carbocycles. The van der Waals surface area contributed by atoms with Crippen molar-refractivity contribution in [3.8, 4) is 0 Å². The van der Waals surface area contributed by atoms with Crippen LogP contribution in [0.15, 0.2) is 66.7 Å². The molecule has 36 heavy (non-hydrogen) atoms. The summed E-state index contributed by atoms with van der Waals surface area (Å²) in [6.07, 6.45) is 1.37. The van der Waals surface area contributed by atoms with Gasteiger partial charge in [0, 0.05) is 32.7 Å². The minimum absolute atomic E-state index is 0.0570. The fourth-order valence-electron chi connectivity index (χ4n) is 3.72. The van der Waals surface area contributed by atoms with Gasteiger partial charge in [-0.15, -0.1) is 0 Å². The number of amides is 1. The number of carbonyl (C=O) groups excluding carboxylic acids is 2. The summed E-state index contributed by atoms with van der Waals surface area (Å²) in [7, 11) is 0. The molecule has 3 N–H and O–H groups in total. The lowest BCUT2D eigenvalue weighted by molar-refractivity contribution is -0.130. The number of hydrogen-bond donors (Lipinski definition) is 3. The highest BCUT2D eigenvalue weighted by Crippen LogP contribution is 2.35. The number of rotatable bonds is 7. The van der Waals surface area contributed by atoms with E-state index in [1.165, 1.54) is 12.1 Å². The summed E-state index contributed by atoms with van der Waals surface area (Å²) >= 11 is 12.5. The van der Waals surface area contributed by atoms with E-state index in [9.17, 15) is 19.5 Å². The summed E-state index contributed by atoms with van der Waals surface area (Å²) in [6.45, 7) is 1.80. The minimum atomic E-state index is -1.22. The number of aromatic amines is 1. The quantitative estimate of drug-likeness (QED) is 0.189. The van der Waals surface area contributed by atoms with Crippen LogP contribution in [0.3, 0.4) is 0 Å². The van der Waals surface area contributed by atoms with E-state index in [0.717, 1.165) is 0 Å². The fraction of sp³-hybridized carbons (Fsp3) is 0.0741. The van der Waals surface area contributed by atoms with Gasteiger partial charge in [0.15, 0.2) is 0 Å². The number of esters is 1. The fourth-order valence-corrected chi connectivity index (χ4v) is 4.32. The van der Waals surface area contributed by atoms with Crippen molar-refractivity contribution < 1.29 is 24.2 Å². The molecule has 3 aromatic carbocycles. The second-order valence-electron chi connectivity index (χ2n) is 7.70. The molecular weight excluding hydrogens is 503 g/mol. The maximum absolute atomic E-state index is 12.6. The van der Waals surface area contributed by atoms with Gasteiger partial charge in [0.2, 0.25) is 0 Å². The molecule has 182 valence electrons. The number of aliphatic carboxylic acids is 1. The molecule has 0 radical (unpaired) electrons. The number of ether oxygens (including phenoxy) is 1. The summed E-state index contributed by atoms with van der Waals surface area (Å²) in [5.74, 6) is -2.16. The van der Waals surface area contributed by atoms with Crippen molar-refractivity contribution >= 4 is 69.3 Å². The van der Waals surface area contributed by atoms with E-state index in [-0.39, 0.29) is 34.4 Å². The highest BCUT2D eigenvalue weighted by molar-refractivity contribution is 6.39. The van der Waals surface area contributed by atoms with Gasteiger partial charge in [0.05, 0.1) is 17.2 Å². The van der Waals surface area contributed by atoms with E-state index >= 15 is 0 Å². The zero-order chi connectivity index (χ0) is 25.8. The van der Waals surface area contributed by atoms with Crippen LogP contribution in [0.25, 0.3) is 22.6 Å². The zero-order valence-corrected chi connectivity index (χ0v) is 20.5. The van der Waals surface area contributed by atoms with Crippen molar-refractivity contribution in [2.45, 2.75) is 6.92 Å². The number of benzene rings is 3. The van der Waals surface area contributed by atoms with Crippen LogP contribution >= 0.6 is 23.2 Å². The molecule has 0 fully saturated rings. The van der Waals surface area contributed by atoms with Crippen molar-refractivity contribution in [3.63, 3.8) is 0 Å². The lowest BCUT2D eigenvalue weighted by Crippen LogP contribution is -2.11. The first-order valence-corrected chi connectivity index (χ1v) is 11.6. The highest BCUT2D eigenvalue weighted by atomic mass is 35.5. The number of halogens is 2. The molecule has 0 saturated heterocycles.